The number of amides is 4. The van der Waals surface area contributed by atoms with E-state index in [2.05, 4.69) is 16.0 Å². The number of carbonyl (C=O) groups is 4. The molecule has 0 radical (unpaired) electrons. The van der Waals surface area contributed by atoms with Crippen LogP contribution in [0.1, 0.15) is 16.6 Å². The van der Waals surface area contributed by atoms with Gasteiger partial charge in [0.2, 0.25) is 5.91 Å². The third kappa shape index (κ3) is 6.65. The van der Waals surface area contributed by atoms with Crippen molar-refractivity contribution in [3.05, 3.63) is 45.4 Å². The average molecular weight is 513 g/mol. The molecule has 1 aromatic carbocycles. The second kappa shape index (κ2) is 11.8. The molecule has 1 aromatic heterocycles. The number of thiophene rings is 1. The van der Waals surface area contributed by atoms with Gasteiger partial charge >= 0.3 is 6.09 Å². The average Bonchev–Trinajstić information content (AvgIpc) is 3.24. The van der Waals surface area contributed by atoms with Gasteiger partial charge in [0.05, 0.1) is 28.1 Å². The molecule has 0 spiro atoms. The molecule has 1 aliphatic rings. The number of anilines is 2. The minimum absolute atomic E-state index is 0.0642. The Kier molecular flexibility index (Phi) is 8.79. The molecule has 0 bridgehead atoms. The summed E-state index contributed by atoms with van der Waals surface area (Å²) in [6.45, 7) is 1.77. The molecule has 1 fully saturated rings. The fourth-order valence-corrected chi connectivity index (χ4v) is 4.01. The van der Waals surface area contributed by atoms with Crippen molar-refractivity contribution in [3.8, 4) is 0 Å². The first kappa shape index (κ1) is 25.4. The van der Waals surface area contributed by atoms with Crippen LogP contribution in [-0.4, -0.2) is 62.8 Å². The van der Waals surface area contributed by atoms with Crippen molar-refractivity contribution in [2.45, 2.75) is 13.0 Å². The van der Waals surface area contributed by atoms with E-state index in [-0.39, 0.29) is 50.2 Å². The lowest BCUT2D eigenvalue weighted by Crippen LogP contribution is -2.50. The number of ether oxygens (including phenoxy) is 2. The van der Waals surface area contributed by atoms with Crippen LogP contribution in [0.25, 0.3) is 0 Å². The monoisotopic (exact) mass is 512 g/mol. The van der Waals surface area contributed by atoms with E-state index >= 15 is 0 Å². The van der Waals surface area contributed by atoms with Crippen LogP contribution < -0.4 is 20.9 Å². The molecule has 13 heteroatoms. The van der Waals surface area contributed by atoms with Crippen LogP contribution in [0, 0.1) is 5.82 Å². The van der Waals surface area contributed by atoms with E-state index in [1.807, 2.05) is 0 Å². The zero-order valence-corrected chi connectivity index (χ0v) is 19.6. The quantitative estimate of drug-likeness (QED) is 0.498. The Hall–Kier alpha value is -3.22. The molecule has 2 aromatic rings. The Morgan fingerprint density at radius 1 is 1.29 bits per heavy atom. The fraction of sp³-hybridized carbons (Fsp3) is 0.333. The predicted octanol–water partition coefficient (Wildman–Crippen LogP) is 2.39. The molecule has 3 N–H and O–H groups in total. The van der Waals surface area contributed by atoms with Gasteiger partial charge in [-0.2, -0.15) is 0 Å². The first-order valence-electron chi connectivity index (χ1n) is 10.2. The van der Waals surface area contributed by atoms with Gasteiger partial charge in [-0.05, 0) is 37.3 Å². The van der Waals surface area contributed by atoms with Crippen molar-refractivity contribution in [1.82, 2.24) is 10.6 Å². The fourth-order valence-electron chi connectivity index (χ4n) is 3.05. The molecular formula is C21H22ClFN4O6S. The molecule has 0 saturated carbocycles. The van der Waals surface area contributed by atoms with Gasteiger partial charge in [-0.15, -0.1) is 11.3 Å². The van der Waals surface area contributed by atoms with Crippen molar-refractivity contribution >= 4 is 58.1 Å². The van der Waals surface area contributed by atoms with Crippen molar-refractivity contribution in [2.75, 3.05) is 43.1 Å². The molecule has 1 aliphatic heterocycles. The molecule has 4 amide bonds. The largest absolute Gasteiger partial charge is 0.450 e. The van der Waals surface area contributed by atoms with Gasteiger partial charge in [-0.1, -0.05) is 11.6 Å². The standard InChI is InChI=1S/C21H22ClFN4O6S/c1-2-33-21(31)26-14(10-24-20(30)16-5-6-17(22)34-16)19(29)25-12-3-4-15(13(23)9-12)27-7-8-32-11-18(27)28/h3-6,9,14H,2,7-8,10-11H2,1H3,(H,24,30)(H,25,29)(H,26,31)/t14-/m1/s1. The first-order chi connectivity index (χ1) is 16.3. The smallest absolute Gasteiger partial charge is 0.407 e. The highest BCUT2D eigenvalue weighted by Gasteiger charge is 2.25. The summed E-state index contributed by atoms with van der Waals surface area (Å²) in [7, 11) is 0. The van der Waals surface area contributed by atoms with E-state index in [9.17, 15) is 23.6 Å². The van der Waals surface area contributed by atoms with Gasteiger partial charge in [-0.25, -0.2) is 9.18 Å². The van der Waals surface area contributed by atoms with Crippen molar-refractivity contribution in [2.24, 2.45) is 0 Å². The summed E-state index contributed by atoms with van der Waals surface area (Å²) in [5.74, 6) is -2.28. The highest BCUT2D eigenvalue weighted by molar-refractivity contribution is 7.18. The van der Waals surface area contributed by atoms with Gasteiger partial charge < -0.3 is 30.3 Å². The van der Waals surface area contributed by atoms with E-state index in [0.717, 1.165) is 17.4 Å². The Labute approximate surface area is 203 Å². The number of morpholine rings is 1. The van der Waals surface area contributed by atoms with Gasteiger partial charge in [0.1, 0.15) is 18.5 Å². The van der Waals surface area contributed by atoms with Crippen LogP contribution in [-0.2, 0) is 19.1 Å². The Bertz CT molecular complexity index is 1080. The SMILES string of the molecule is CCOC(=O)N[C@H](CNC(=O)c1ccc(Cl)s1)C(=O)Nc1ccc(N2CCOCC2=O)c(F)c1. The predicted molar refractivity (Wildman–Crippen MR) is 124 cm³/mol. The van der Waals surface area contributed by atoms with Crippen molar-refractivity contribution < 1.29 is 33.0 Å². The molecule has 1 atom stereocenters. The lowest BCUT2D eigenvalue weighted by Gasteiger charge is -2.27. The highest BCUT2D eigenvalue weighted by Crippen LogP contribution is 2.24. The molecule has 3 rings (SSSR count). The van der Waals surface area contributed by atoms with Crippen molar-refractivity contribution in [1.29, 1.82) is 0 Å². The van der Waals surface area contributed by atoms with Gasteiger partial charge in [0, 0.05) is 18.8 Å². The number of hydrogen-bond acceptors (Lipinski definition) is 7. The molecule has 34 heavy (non-hydrogen) atoms. The van der Waals surface area contributed by atoms with Crippen LogP contribution >= 0.6 is 22.9 Å². The van der Waals surface area contributed by atoms with Gasteiger partial charge in [-0.3, -0.25) is 14.4 Å². The number of benzene rings is 1. The summed E-state index contributed by atoms with van der Waals surface area (Å²) in [5, 5.41) is 7.40. The number of halogens is 2. The lowest BCUT2D eigenvalue weighted by molar-refractivity contribution is -0.125. The van der Waals surface area contributed by atoms with Crippen molar-refractivity contribution in [3.63, 3.8) is 0 Å². The Balaban J connectivity index is 1.68. The Morgan fingerprint density at radius 2 is 2.09 bits per heavy atom. The highest BCUT2D eigenvalue weighted by atomic mass is 35.5. The van der Waals surface area contributed by atoms with E-state index in [1.54, 1.807) is 13.0 Å². The van der Waals surface area contributed by atoms with E-state index in [4.69, 9.17) is 21.1 Å². The third-order valence-corrected chi connectivity index (χ3v) is 5.87. The summed E-state index contributed by atoms with van der Waals surface area (Å²) in [6, 6.07) is 5.72. The number of rotatable bonds is 8. The van der Waals surface area contributed by atoms with Gasteiger partial charge in [0.25, 0.3) is 11.8 Å². The second-order valence-corrected chi connectivity index (χ2v) is 8.70. The summed E-state index contributed by atoms with van der Waals surface area (Å²) in [6.07, 6.45) is -0.858. The van der Waals surface area contributed by atoms with Gasteiger partial charge in [0.15, 0.2) is 0 Å². The maximum Gasteiger partial charge on any atom is 0.407 e. The zero-order chi connectivity index (χ0) is 24.7. The van der Waals surface area contributed by atoms with E-state index < -0.39 is 29.8 Å². The number of nitrogens with one attached hydrogen (secondary N) is 3. The van der Waals surface area contributed by atoms with Crippen LogP contribution in [0.4, 0.5) is 20.6 Å². The molecule has 0 aliphatic carbocycles. The lowest BCUT2D eigenvalue weighted by atomic mass is 10.2. The topological polar surface area (TPSA) is 126 Å². The summed E-state index contributed by atoms with van der Waals surface area (Å²) in [5.41, 5.74) is 0.161. The van der Waals surface area contributed by atoms with Crippen LogP contribution in [0.3, 0.4) is 0 Å². The summed E-state index contributed by atoms with van der Waals surface area (Å²) >= 11 is 6.89. The molecule has 0 unspecified atom stereocenters. The third-order valence-electron chi connectivity index (χ3n) is 4.64. The Morgan fingerprint density at radius 3 is 2.74 bits per heavy atom. The number of nitrogens with zero attached hydrogens (tertiary/aromatic N) is 1. The van der Waals surface area contributed by atoms with Crippen LogP contribution in [0.5, 0.6) is 0 Å². The number of carbonyl (C=O) groups excluding carboxylic acids is 4. The first-order valence-corrected chi connectivity index (χ1v) is 11.4. The molecular weight excluding hydrogens is 491 g/mol. The summed E-state index contributed by atoms with van der Waals surface area (Å²) in [4.78, 5) is 50.5. The normalized spacial score (nSPS) is 14.3. The molecule has 10 nitrogen and oxygen atoms in total. The minimum Gasteiger partial charge on any atom is -0.450 e. The number of hydrogen-bond donors (Lipinski definition) is 3. The molecule has 182 valence electrons. The van der Waals surface area contributed by atoms with Crippen LogP contribution in [0.2, 0.25) is 4.34 Å². The maximum absolute atomic E-state index is 14.7. The summed E-state index contributed by atoms with van der Waals surface area (Å²) < 4.78 is 25.0. The molecule has 2 heterocycles. The number of alkyl carbamates (subject to hydrolysis) is 1. The van der Waals surface area contributed by atoms with Crippen LogP contribution in [0.15, 0.2) is 30.3 Å². The van der Waals surface area contributed by atoms with E-state index in [1.165, 1.54) is 23.1 Å². The molecule has 1 saturated heterocycles. The second-order valence-electron chi connectivity index (χ2n) is 6.98. The zero-order valence-electron chi connectivity index (χ0n) is 18.1. The maximum atomic E-state index is 14.7. The van der Waals surface area contributed by atoms with E-state index in [0.29, 0.717) is 9.21 Å². The minimum atomic E-state index is -1.22.